The monoisotopic (exact) mass is 1290 g/mol. The first-order chi connectivity index (χ1) is 42.8. The molecule has 0 atom stereocenters. The van der Waals surface area contributed by atoms with Gasteiger partial charge in [-0.05, 0) is 48.5 Å². The van der Waals surface area contributed by atoms with Gasteiger partial charge in [-0.3, -0.25) is 52.7 Å². The zero-order chi connectivity index (χ0) is 65.4. The first-order valence-electron chi connectivity index (χ1n) is 26.4. The summed E-state index contributed by atoms with van der Waals surface area (Å²) in [4.78, 5) is 153. The predicted octanol–water partition coefficient (Wildman–Crippen LogP) is 5.99. The van der Waals surface area contributed by atoms with E-state index in [1.54, 1.807) is 12.1 Å². The number of carbonyl (C=O) groups excluding carboxylic acids is 12. The molecule has 2 aliphatic heterocycles. The Balaban J connectivity index is 1.22. The quantitative estimate of drug-likeness (QED) is 0.0207. The molecule has 0 aliphatic carbocycles. The van der Waals surface area contributed by atoms with E-state index in [0.29, 0.717) is 0 Å². The van der Waals surface area contributed by atoms with E-state index in [-0.39, 0.29) is 103 Å². The second-order valence-electron chi connectivity index (χ2n) is 18.8. The molecule has 0 unspecified atom stereocenters. The minimum absolute atomic E-state index is 0.00545. The minimum atomic E-state index is -1.89. The van der Waals surface area contributed by atoms with Crippen molar-refractivity contribution < 1.29 is 124 Å². The molecule has 1 spiro atoms. The van der Waals surface area contributed by atoms with Crippen LogP contribution in [0.4, 0.5) is 17.1 Å². The maximum absolute atomic E-state index is 14.4. The van der Waals surface area contributed by atoms with E-state index in [2.05, 4.69) is 5.32 Å². The fourth-order valence-corrected chi connectivity index (χ4v) is 9.02. The van der Waals surface area contributed by atoms with Crippen molar-refractivity contribution in [1.29, 1.82) is 0 Å². The molecular formula is C59H53Cl2N3O26. The summed E-state index contributed by atoms with van der Waals surface area (Å²) in [5, 5.41) is 2.56. The summed E-state index contributed by atoms with van der Waals surface area (Å²) in [6, 6.07) is 19.4. The molecule has 0 radical (unpaired) electrons. The molecule has 7 rings (SSSR count). The van der Waals surface area contributed by atoms with E-state index >= 15 is 0 Å². The van der Waals surface area contributed by atoms with Gasteiger partial charge in [0.1, 0.15) is 62.4 Å². The Bertz CT molecular complexity index is 3540. The zero-order valence-corrected chi connectivity index (χ0v) is 49.9. The van der Waals surface area contributed by atoms with E-state index in [0.717, 1.165) is 46.4 Å². The van der Waals surface area contributed by atoms with Gasteiger partial charge in [0.05, 0.1) is 27.0 Å². The van der Waals surface area contributed by atoms with Crippen LogP contribution in [0, 0.1) is 0 Å². The van der Waals surface area contributed by atoms with Crippen LogP contribution in [-0.4, -0.2) is 138 Å². The second-order valence-corrected chi connectivity index (χ2v) is 19.6. The van der Waals surface area contributed by atoms with Crippen LogP contribution in [0.15, 0.2) is 84.9 Å². The van der Waals surface area contributed by atoms with Gasteiger partial charge in [-0.1, -0.05) is 41.4 Å². The van der Waals surface area contributed by atoms with Gasteiger partial charge in [-0.25, -0.2) is 4.79 Å². The van der Waals surface area contributed by atoms with Gasteiger partial charge in [0.25, 0.3) is 5.91 Å². The summed E-state index contributed by atoms with van der Waals surface area (Å²) in [6.45, 7) is 0.0849. The van der Waals surface area contributed by atoms with Gasteiger partial charge in [0.15, 0.2) is 17.1 Å². The average molecular weight is 1290 g/mol. The number of hydrogen-bond donors (Lipinski definition) is 1. The number of anilines is 3. The van der Waals surface area contributed by atoms with E-state index in [1.165, 1.54) is 77.7 Å². The Hall–Kier alpha value is -10.7. The van der Waals surface area contributed by atoms with Crippen molar-refractivity contribution in [2.24, 2.45) is 0 Å². The molecule has 474 valence electrons. The molecule has 0 saturated heterocycles. The molecule has 1 N–H and O–H groups in total. The lowest BCUT2D eigenvalue weighted by Crippen LogP contribution is -2.37. The normalized spacial score (nSPS) is 11.9. The third-order valence-electron chi connectivity index (χ3n) is 12.3. The molecule has 2 aliphatic rings. The minimum Gasteiger partial charge on any atom is -0.488 e. The highest BCUT2D eigenvalue weighted by atomic mass is 35.5. The number of hydrogen-bond acceptors (Lipinski definition) is 28. The number of rotatable bonds is 27. The van der Waals surface area contributed by atoms with Gasteiger partial charge >= 0.3 is 65.7 Å². The van der Waals surface area contributed by atoms with Crippen LogP contribution in [0.5, 0.6) is 34.5 Å². The van der Waals surface area contributed by atoms with Crippen LogP contribution in [0.1, 0.15) is 78.9 Å². The maximum Gasteiger partial charge on any atom is 0.340 e. The Kier molecular flexibility index (Phi) is 22.5. The zero-order valence-electron chi connectivity index (χ0n) is 48.4. The van der Waals surface area contributed by atoms with Crippen molar-refractivity contribution in [2.45, 2.75) is 47.1 Å². The Morgan fingerprint density at radius 2 is 0.900 bits per heavy atom. The Morgan fingerprint density at radius 3 is 1.34 bits per heavy atom. The van der Waals surface area contributed by atoms with Gasteiger partial charge < -0.3 is 81.4 Å². The lowest BCUT2D eigenvalue weighted by Gasteiger charge is -2.37. The van der Waals surface area contributed by atoms with Crippen LogP contribution in [0.3, 0.4) is 0 Å². The summed E-state index contributed by atoms with van der Waals surface area (Å²) >= 11 is 13.3. The first kappa shape index (κ1) is 66.8. The number of nitrogens with one attached hydrogen (secondary N) is 1. The number of ether oxygens (including phenoxy) is 14. The number of benzene rings is 5. The Morgan fingerprint density at radius 1 is 0.467 bits per heavy atom. The molecular weight excluding hydrogens is 1240 g/mol. The standard InChI is InChI=1S/C59H53Cl2N3O26/c1-31(65)79-27-83-53(71)23-63(24-54(72)84-28-80-32(2)66)45-9-7-8-10-47(45)77-15-16-78-52-18-38(12-14-46(52)64(25-55(73)85-29-81-33(3)67)26-56(74)86-30-82-34(4)68)62-57(75)37-11-13-40-39(17-37)58(76)90-59(40)41-19-43(60)50(87-35(5)69)21-48(41)89-49-22-51(88-36(6)70)44(61)20-42(49)59/h7-14,17-22H,15-16,23-30H2,1-6H3,(H,62,75). The molecule has 0 saturated carbocycles. The first-order valence-corrected chi connectivity index (χ1v) is 27.1. The third-order valence-corrected chi connectivity index (χ3v) is 12.8. The summed E-state index contributed by atoms with van der Waals surface area (Å²) in [5.74, 6) is -10.5. The van der Waals surface area contributed by atoms with E-state index in [9.17, 15) is 57.5 Å². The van der Waals surface area contributed by atoms with E-state index < -0.39 is 131 Å². The van der Waals surface area contributed by atoms with Crippen molar-refractivity contribution >= 4 is 112 Å². The lowest BCUT2D eigenvalue weighted by atomic mass is 9.77. The fraction of sp³-hybridized carbons (Fsp3) is 0.288. The van der Waals surface area contributed by atoms with Gasteiger partial charge in [0.2, 0.25) is 27.2 Å². The molecule has 5 aromatic rings. The van der Waals surface area contributed by atoms with E-state index in [1.807, 2.05) is 0 Å². The average Bonchev–Trinajstić information content (AvgIpc) is 1.42. The van der Waals surface area contributed by atoms with Crippen LogP contribution >= 0.6 is 23.2 Å². The number of amides is 1. The summed E-state index contributed by atoms with van der Waals surface area (Å²) < 4.78 is 74.4. The van der Waals surface area contributed by atoms with Crippen molar-refractivity contribution in [2.75, 3.05) is 81.7 Å². The summed E-state index contributed by atoms with van der Waals surface area (Å²) in [5.41, 5.74) is -1.51. The molecule has 5 aromatic carbocycles. The highest BCUT2D eigenvalue weighted by Gasteiger charge is 2.54. The van der Waals surface area contributed by atoms with Gasteiger partial charge in [0, 0.05) is 87.7 Å². The molecule has 0 fully saturated rings. The molecule has 2 heterocycles. The fourth-order valence-electron chi connectivity index (χ4n) is 8.62. The molecule has 1 amide bonds. The molecule has 0 aromatic heterocycles. The highest BCUT2D eigenvalue weighted by Crippen LogP contribution is 2.59. The molecule has 90 heavy (non-hydrogen) atoms. The van der Waals surface area contributed by atoms with E-state index in [4.69, 9.17) is 89.5 Å². The number of fused-ring (bicyclic) bond motifs is 6. The SMILES string of the molecule is CC(=O)OCOC(=O)CN(CC(=O)OCOC(C)=O)c1ccccc1OCCOc1cc(NC(=O)c2ccc3c(c2)C(=O)OC32c3cc(Cl)c(OC(C)=O)cc3Oc3cc(OC(C)=O)c(Cl)cc32)ccc1N(CC(=O)OCOC(C)=O)CC(=O)OCOC(C)=O. The number of nitrogens with zero attached hydrogens (tertiary/aromatic N) is 2. The molecule has 0 bridgehead atoms. The van der Waals surface area contributed by atoms with Crippen LogP contribution in [-0.2, 0) is 96.2 Å². The van der Waals surface area contributed by atoms with Gasteiger partial charge in [-0.15, -0.1) is 0 Å². The molecule has 29 nitrogen and oxygen atoms in total. The van der Waals surface area contributed by atoms with Crippen molar-refractivity contribution in [3.05, 3.63) is 123 Å². The summed E-state index contributed by atoms with van der Waals surface area (Å²) in [6.07, 6.45) is 0. The van der Waals surface area contributed by atoms with Crippen molar-refractivity contribution in [3.63, 3.8) is 0 Å². The van der Waals surface area contributed by atoms with Crippen LogP contribution in [0.2, 0.25) is 10.0 Å². The lowest BCUT2D eigenvalue weighted by molar-refractivity contribution is -0.167. The molecule has 31 heteroatoms. The predicted molar refractivity (Wildman–Crippen MR) is 304 cm³/mol. The third kappa shape index (κ3) is 17.5. The topological polar surface area (TPSA) is 353 Å². The largest absolute Gasteiger partial charge is 0.488 e. The maximum atomic E-state index is 14.4. The number of carbonyl (C=O) groups is 12. The van der Waals surface area contributed by atoms with Gasteiger partial charge in [-0.2, -0.15) is 0 Å². The highest BCUT2D eigenvalue weighted by molar-refractivity contribution is 6.33. The smallest absolute Gasteiger partial charge is 0.340 e. The number of esters is 11. The number of halogens is 2. The van der Waals surface area contributed by atoms with Crippen LogP contribution in [0.25, 0.3) is 0 Å². The van der Waals surface area contributed by atoms with Crippen molar-refractivity contribution in [3.8, 4) is 34.5 Å². The van der Waals surface area contributed by atoms with Crippen LogP contribution < -0.4 is 38.8 Å². The van der Waals surface area contributed by atoms with Crippen molar-refractivity contribution in [1.82, 2.24) is 0 Å². The summed E-state index contributed by atoms with van der Waals surface area (Å²) in [7, 11) is 0. The Labute approximate surface area is 519 Å². The second kappa shape index (κ2) is 30.3. The number of para-hydroxylation sites is 2.